The molecule has 1 amide bonds. The third kappa shape index (κ3) is 4.46. The summed E-state index contributed by atoms with van der Waals surface area (Å²) in [6.45, 7) is 6.09. The molecule has 0 saturated carbocycles. The van der Waals surface area contributed by atoms with Gasteiger partial charge in [0.15, 0.2) is 0 Å². The predicted molar refractivity (Wildman–Crippen MR) is 114 cm³/mol. The molecule has 1 heterocycles. The van der Waals surface area contributed by atoms with Gasteiger partial charge in [0.1, 0.15) is 5.75 Å². The standard InChI is InChI=1S/C22H28N2O4S/c1-5-20(17-8-11-22(28-4)15(2)13-17)23-29(26,27)19-9-10-21-18(14-19)7-6-12-24(21)16(3)25/h8-11,13-14,20,23H,5-7,12H2,1-4H3/t20-/m0/s1. The molecular formula is C22H28N2O4S. The van der Waals surface area contributed by atoms with Crippen LogP contribution in [-0.2, 0) is 21.2 Å². The quantitative estimate of drug-likeness (QED) is 0.778. The molecular weight excluding hydrogens is 388 g/mol. The smallest absolute Gasteiger partial charge is 0.241 e. The van der Waals surface area contributed by atoms with Gasteiger partial charge >= 0.3 is 0 Å². The number of aryl methyl sites for hydroxylation is 2. The first kappa shape index (κ1) is 21.3. The molecule has 7 heteroatoms. The summed E-state index contributed by atoms with van der Waals surface area (Å²) < 4.78 is 34.3. The summed E-state index contributed by atoms with van der Waals surface area (Å²) in [5.41, 5.74) is 3.55. The number of methoxy groups -OCH3 is 1. The van der Waals surface area contributed by atoms with E-state index < -0.39 is 10.0 Å². The number of rotatable bonds is 6. The second-order valence-corrected chi connectivity index (χ2v) is 9.09. The molecule has 0 fully saturated rings. The molecule has 0 unspecified atom stereocenters. The van der Waals surface area contributed by atoms with Crippen LogP contribution in [0.2, 0.25) is 0 Å². The van der Waals surface area contributed by atoms with E-state index in [0.29, 0.717) is 13.0 Å². The lowest BCUT2D eigenvalue weighted by molar-refractivity contribution is -0.116. The fourth-order valence-electron chi connectivity index (χ4n) is 3.83. The van der Waals surface area contributed by atoms with E-state index in [1.54, 1.807) is 30.2 Å². The molecule has 0 saturated heterocycles. The van der Waals surface area contributed by atoms with Gasteiger partial charge in [-0.05, 0) is 67.1 Å². The van der Waals surface area contributed by atoms with Crippen LogP contribution in [0.5, 0.6) is 5.75 Å². The highest BCUT2D eigenvalue weighted by molar-refractivity contribution is 7.89. The van der Waals surface area contributed by atoms with Crippen molar-refractivity contribution >= 4 is 21.6 Å². The molecule has 0 radical (unpaired) electrons. The molecule has 1 N–H and O–H groups in total. The molecule has 3 rings (SSSR count). The minimum atomic E-state index is -3.70. The fraction of sp³-hybridized carbons (Fsp3) is 0.409. The molecule has 6 nitrogen and oxygen atoms in total. The maximum Gasteiger partial charge on any atom is 0.241 e. The van der Waals surface area contributed by atoms with Crippen LogP contribution in [0, 0.1) is 6.92 Å². The van der Waals surface area contributed by atoms with Crippen molar-refractivity contribution in [3.63, 3.8) is 0 Å². The number of anilines is 1. The molecule has 1 atom stereocenters. The van der Waals surface area contributed by atoms with Crippen molar-refractivity contribution in [3.05, 3.63) is 53.1 Å². The van der Waals surface area contributed by atoms with Gasteiger partial charge in [0.05, 0.1) is 12.0 Å². The summed E-state index contributed by atoms with van der Waals surface area (Å²) in [6.07, 6.45) is 2.21. The number of hydrogen-bond acceptors (Lipinski definition) is 4. The van der Waals surface area contributed by atoms with Crippen molar-refractivity contribution in [2.75, 3.05) is 18.6 Å². The second kappa shape index (κ2) is 8.55. The van der Waals surface area contributed by atoms with E-state index in [4.69, 9.17) is 4.74 Å². The number of carbonyl (C=O) groups is 1. The molecule has 0 aromatic heterocycles. The van der Waals surface area contributed by atoms with Gasteiger partial charge < -0.3 is 9.64 Å². The van der Waals surface area contributed by atoms with Gasteiger partial charge in [0.2, 0.25) is 15.9 Å². The Hall–Kier alpha value is -2.38. The predicted octanol–water partition coefficient (Wildman–Crippen LogP) is 3.73. The van der Waals surface area contributed by atoms with Crippen molar-refractivity contribution in [2.24, 2.45) is 0 Å². The summed E-state index contributed by atoms with van der Waals surface area (Å²) in [7, 11) is -2.09. The average molecular weight is 417 g/mol. The van der Waals surface area contributed by atoms with Gasteiger partial charge in [0, 0.05) is 25.2 Å². The lowest BCUT2D eigenvalue weighted by Gasteiger charge is -2.29. The van der Waals surface area contributed by atoms with Gasteiger partial charge in [0.25, 0.3) is 0 Å². The topological polar surface area (TPSA) is 75.7 Å². The molecule has 0 bridgehead atoms. The Morgan fingerprint density at radius 2 is 2.00 bits per heavy atom. The summed E-state index contributed by atoms with van der Waals surface area (Å²) >= 11 is 0. The minimum absolute atomic E-state index is 0.0272. The number of nitrogens with zero attached hydrogens (tertiary/aromatic N) is 1. The summed E-state index contributed by atoms with van der Waals surface area (Å²) in [5, 5.41) is 0. The van der Waals surface area contributed by atoms with Crippen molar-refractivity contribution in [3.8, 4) is 5.75 Å². The zero-order valence-corrected chi connectivity index (χ0v) is 18.2. The largest absolute Gasteiger partial charge is 0.496 e. The molecule has 0 spiro atoms. The monoisotopic (exact) mass is 416 g/mol. The van der Waals surface area contributed by atoms with E-state index in [1.165, 1.54) is 6.92 Å². The zero-order chi connectivity index (χ0) is 21.2. The van der Waals surface area contributed by atoms with E-state index >= 15 is 0 Å². The van der Waals surface area contributed by atoms with Crippen molar-refractivity contribution < 1.29 is 17.9 Å². The van der Waals surface area contributed by atoms with Gasteiger partial charge in [-0.3, -0.25) is 4.79 Å². The molecule has 2 aromatic carbocycles. The zero-order valence-electron chi connectivity index (χ0n) is 17.4. The maximum atomic E-state index is 13.1. The molecule has 29 heavy (non-hydrogen) atoms. The van der Waals surface area contributed by atoms with E-state index in [2.05, 4.69) is 4.72 Å². The maximum absolute atomic E-state index is 13.1. The normalized spacial score (nSPS) is 15.0. The van der Waals surface area contributed by atoms with Crippen LogP contribution in [0.15, 0.2) is 41.3 Å². The number of carbonyl (C=O) groups excluding carboxylic acids is 1. The van der Waals surface area contributed by atoms with Crippen molar-refractivity contribution in [1.82, 2.24) is 4.72 Å². The number of ether oxygens (including phenoxy) is 1. The van der Waals surface area contributed by atoms with Crippen LogP contribution < -0.4 is 14.4 Å². The lowest BCUT2D eigenvalue weighted by atomic mass is 10.0. The lowest BCUT2D eigenvalue weighted by Crippen LogP contribution is -2.34. The van der Waals surface area contributed by atoms with E-state index in [-0.39, 0.29) is 16.8 Å². The van der Waals surface area contributed by atoms with Crippen molar-refractivity contribution in [2.45, 2.75) is 51.0 Å². The first-order valence-electron chi connectivity index (χ1n) is 9.84. The number of amides is 1. The number of fused-ring (bicyclic) bond motifs is 1. The summed E-state index contributed by atoms with van der Waals surface area (Å²) in [4.78, 5) is 13.8. The minimum Gasteiger partial charge on any atom is -0.496 e. The molecule has 2 aromatic rings. The van der Waals surface area contributed by atoms with Crippen LogP contribution in [0.1, 0.15) is 49.4 Å². The van der Waals surface area contributed by atoms with E-state index in [0.717, 1.165) is 41.0 Å². The number of sulfonamides is 1. The molecule has 1 aliphatic heterocycles. The molecule has 1 aliphatic rings. The van der Waals surface area contributed by atoms with Crippen LogP contribution in [0.25, 0.3) is 0 Å². The van der Waals surface area contributed by atoms with Crippen LogP contribution in [0.4, 0.5) is 5.69 Å². The Balaban J connectivity index is 1.88. The summed E-state index contributed by atoms with van der Waals surface area (Å²) in [5.74, 6) is 0.747. The number of benzene rings is 2. The van der Waals surface area contributed by atoms with Crippen LogP contribution in [0.3, 0.4) is 0 Å². The van der Waals surface area contributed by atoms with Gasteiger partial charge in [-0.15, -0.1) is 0 Å². The second-order valence-electron chi connectivity index (χ2n) is 7.38. The fourth-order valence-corrected chi connectivity index (χ4v) is 5.19. The SMILES string of the molecule is CC[C@H](NS(=O)(=O)c1ccc2c(c1)CCCN2C(C)=O)c1ccc(OC)c(C)c1. The number of nitrogens with one attached hydrogen (secondary N) is 1. The van der Waals surface area contributed by atoms with Crippen molar-refractivity contribution in [1.29, 1.82) is 0 Å². The number of hydrogen-bond donors (Lipinski definition) is 1. The van der Waals surface area contributed by atoms with Crippen LogP contribution in [-0.4, -0.2) is 28.0 Å². The highest BCUT2D eigenvalue weighted by atomic mass is 32.2. The van der Waals surface area contributed by atoms with E-state index in [1.807, 2.05) is 32.0 Å². The Kier molecular flexibility index (Phi) is 6.29. The highest BCUT2D eigenvalue weighted by Crippen LogP contribution is 2.31. The Morgan fingerprint density at radius 3 is 2.62 bits per heavy atom. The van der Waals surface area contributed by atoms with E-state index in [9.17, 15) is 13.2 Å². The Labute approximate surface area is 172 Å². The average Bonchev–Trinajstić information content (AvgIpc) is 2.71. The first-order valence-corrected chi connectivity index (χ1v) is 11.3. The highest BCUT2D eigenvalue weighted by Gasteiger charge is 2.25. The van der Waals surface area contributed by atoms with Crippen LogP contribution >= 0.6 is 0 Å². The Morgan fingerprint density at radius 1 is 1.24 bits per heavy atom. The Bertz CT molecular complexity index is 1020. The van der Waals surface area contributed by atoms with Gasteiger partial charge in [-0.2, -0.15) is 0 Å². The molecule has 156 valence electrons. The van der Waals surface area contributed by atoms with Gasteiger partial charge in [-0.25, -0.2) is 13.1 Å². The third-order valence-corrected chi connectivity index (χ3v) is 6.86. The third-order valence-electron chi connectivity index (χ3n) is 5.39. The first-order chi connectivity index (χ1) is 13.8. The molecule has 0 aliphatic carbocycles. The van der Waals surface area contributed by atoms with Gasteiger partial charge in [-0.1, -0.05) is 19.1 Å². The summed E-state index contributed by atoms with van der Waals surface area (Å²) in [6, 6.07) is 10.4.